The maximum Gasteiger partial charge on any atom is 0.228 e. The molecule has 2 rings (SSSR count). The number of anilines is 1. The topological polar surface area (TPSA) is 64.0 Å². The predicted octanol–water partition coefficient (Wildman–Crippen LogP) is 1.65. The first-order valence-electron chi connectivity index (χ1n) is 4.84. The maximum atomic E-state index is 11.4. The van der Waals surface area contributed by atoms with E-state index in [2.05, 4.69) is 10.3 Å². The molecule has 5 nitrogen and oxygen atoms in total. The molecule has 1 amide bonds. The van der Waals surface area contributed by atoms with Gasteiger partial charge < -0.3 is 5.32 Å². The Labute approximate surface area is 92.1 Å². The van der Waals surface area contributed by atoms with Gasteiger partial charge in [0.1, 0.15) is 5.52 Å². The lowest BCUT2D eigenvalue weighted by atomic mass is 10.3. The van der Waals surface area contributed by atoms with Gasteiger partial charge in [0.25, 0.3) is 0 Å². The summed E-state index contributed by atoms with van der Waals surface area (Å²) in [6.45, 7) is 2.88. The van der Waals surface area contributed by atoms with Crippen LogP contribution in [0.25, 0.3) is 11.0 Å². The van der Waals surface area contributed by atoms with Gasteiger partial charge in [-0.05, 0) is 12.1 Å². The highest BCUT2D eigenvalue weighted by molar-refractivity contribution is 6.02. The van der Waals surface area contributed by atoms with Crippen LogP contribution in [0.3, 0.4) is 0 Å². The first kappa shape index (κ1) is 10.4. The molecule has 2 aromatic rings. The molecule has 82 valence electrons. The molecule has 0 unspecified atom stereocenters. The van der Waals surface area contributed by atoms with Crippen molar-refractivity contribution in [3.63, 3.8) is 0 Å². The van der Waals surface area contributed by atoms with Crippen LogP contribution < -0.4 is 5.32 Å². The molecule has 1 N–H and O–H groups in total. The molecule has 0 spiro atoms. The third-order valence-electron chi connectivity index (χ3n) is 2.21. The molecule has 0 aliphatic carbocycles. The Kier molecular flexibility index (Phi) is 2.44. The molecule has 5 heteroatoms. The third kappa shape index (κ3) is 1.67. The fraction of sp³-hybridized carbons (Fsp3) is 0.182. The predicted molar refractivity (Wildman–Crippen MR) is 60.3 cm³/mol. The second kappa shape index (κ2) is 3.77. The molecule has 0 fully saturated rings. The second-order valence-corrected chi connectivity index (χ2v) is 3.48. The molecule has 2 heterocycles. The SMILES string of the molecule is CC(=O)Nc1cn(C(C)=O)c2cccnc12. The second-order valence-electron chi connectivity index (χ2n) is 3.48. The van der Waals surface area contributed by atoms with E-state index < -0.39 is 0 Å². The summed E-state index contributed by atoms with van der Waals surface area (Å²) < 4.78 is 1.47. The van der Waals surface area contributed by atoms with Crippen molar-refractivity contribution < 1.29 is 9.59 Å². The van der Waals surface area contributed by atoms with Crippen molar-refractivity contribution in [1.29, 1.82) is 0 Å². The largest absolute Gasteiger partial charge is 0.323 e. The van der Waals surface area contributed by atoms with Crippen molar-refractivity contribution in [2.24, 2.45) is 0 Å². The van der Waals surface area contributed by atoms with Crippen molar-refractivity contribution in [2.45, 2.75) is 13.8 Å². The molecule has 2 aromatic heterocycles. The molecule has 0 aliphatic rings. The average Bonchev–Trinajstić information content (AvgIpc) is 2.57. The summed E-state index contributed by atoms with van der Waals surface area (Å²) in [5.74, 6) is -0.303. The summed E-state index contributed by atoms with van der Waals surface area (Å²) in [4.78, 5) is 26.5. The summed E-state index contributed by atoms with van der Waals surface area (Å²) in [6.07, 6.45) is 3.21. The standard InChI is InChI=1S/C11H11N3O2/c1-7(15)13-9-6-14(8(2)16)10-4-3-5-12-11(9)10/h3-6H,1-2H3,(H,13,15). The van der Waals surface area contributed by atoms with Crippen LogP contribution >= 0.6 is 0 Å². The molecule has 0 bridgehead atoms. The number of aromatic nitrogens is 2. The van der Waals surface area contributed by atoms with E-state index in [-0.39, 0.29) is 11.8 Å². The van der Waals surface area contributed by atoms with E-state index in [1.807, 2.05) is 0 Å². The molecule has 0 atom stereocenters. The van der Waals surface area contributed by atoms with E-state index in [0.29, 0.717) is 16.7 Å². The van der Waals surface area contributed by atoms with E-state index in [4.69, 9.17) is 0 Å². The van der Waals surface area contributed by atoms with E-state index in [1.54, 1.807) is 24.5 Å². The van der Waals surface area contributed by atoms with Crippen LogP contribution in [0.4, 0.5) is 5.69 Å². The lowest BCUT2D eigenvalue weighted by molar-refractivity contribution is -0.114. The van der Waals surface area contributed by atoms with Crippen LogP contribution in [0.2, 0.25) is 0 Å². The van der Waals surface area contributed by atoms with Gasteiger partial charge in [-0.25, -0.2) is 0 Å². The Bertz CT molecular complexity index is 572. The first-order valence-corrected chi connectivity index (χ1v) is 4.84. The minimum absolute atomic E-state index is 0.116. The molecule has 0 saturated carbocycles. The summed E-state index contributed by atoms with van der Waals surface area (Å²) in [7, 11) is 0. The zero-order valence-corrected chi connectivity index (χ0v) is 9.02. The van der Waals surface area contributed by atoms with E-state index >= 15 is 0 Å². The van der Waals surface area contributed by atoms with E-state index in [9.17, 15) is 9.59 Å². The fourth-order valence-electron chi connectivity index (χ4n) is 1.60. The summed E-state index contributed by atoms with van der Waals surface area (Å²) in [5, 5.41) is 2.65. The number of amides is 1. The van der Waals surface area contributed by atoms with Gasteiger partial charge in [-0.2, -0.15) is 0 Å². The van der Waals surface area contributed by atoms with Crippen molar-refractivity contribution in [3.05, 3.63) is 24.5 Å². The van der Waals surface area contributed by atoms with Gasteiger partial charge in [-0.15, -0.1) is 0 Å². The van der Waals surface area contributed by atoms with Crippen molar-refractivity contribution in [2.75, 3.05) is 5.32 Å². The number of carbonyl (C=O) groups excluding carboxylic acids is 2. The molecule has 16 heavy (non-hydrogen) atoms. The number of hydrogen-bond donors (Lipinski definition) is 1. The van der Waals surface area contributed by atoms with Gasteiger partial charge in [0, 0.05) is 26.2 Å². The first-order chi connectivity index (χ1) is 7.59. The number of nitrogens with zero attached hydrogens (tertiary/aromatic N) is 2. The van der Waals surface area contributed by atoms with Crippen molar-refractivity contribution >= 4 is 28.5 Å². The fourth-order valence-corrected chi connectivity index (χ4v) is 1.60. The molecular formula is C11H11N3O2. The van der Waals surface area contributed by atoms with Crippen molar-refractivity contribution in [1.82, 2.24) is 9.55 Å². The molecule has 0 aromatic carbocycles. The van der Waals surface area contributed by atoms with Gasteiger partial charge in [0.2, 0.25) is 11.8 Å². The maximum absolute atomic E-state index is 11.4. The van der Waals surface area contributed by atoms with Crippen LogP contribution in [-0.2, 0) is 4.79 Å². The molecular weight excluding hydrogens is 206 g/mol. The Morgan fingerprint density at radius 1 is 1.38 bits per heavy atom. The Morgan fingerprint density at radius 3 is 2.75 bits per heavy atom. The van der Waals surface area contributed by atoms with Gasteiger partial charge in [-0.1, -0.05) is 0 Å². The number of nitrogens with one attached hydrogen (secondary N) is 1. The van der Waals surface area contributed by atoms with Crippen LogP contribution in [0.5, 0.6) is 0 Å². The zero-order valence-electron chi connectivity index (χ0n) is 9.02. The number of carbonyl (C=O) groups is 2. The molecule has 0 saturated heterocycles. The molecule has 0 aliphatic heterocycles. The summed E-state index contributed by atoms with van der Waals surface area (Å²) >= 11 is 0. The minimum Gasteiger partial charge on any atom is -0.323 e. The summed E-state index contributed by atoms with van der Waals surface area (Å²) in [5.41, 5.74) is 1.87. The Balaban J connectivity index is 2.66. The van der Waals surface area contributed by atoms with Gasteiger partial charge >= 0.3 is 0 Å². The highest BCUT2D eigenvalue weighted by Crippen LogP contribution is 2.23. The van der Waals surface area contributed by atoms with E-state index in [1.165, 1.54) is 18.4 Å². The van der Waals surface area contributed by atoms with Crippen LogP contribution in [0.1, 0.15) is 18.6 Å². The number of pyridine rings is 1. The summed E-state index contributed by atoms with van der Waals surface area (Å²) in [6, 6.07) is 3.54. The van der Waals surface area contributed by atoms with Crippen molar-refractivity contribution in [3.8, 4) is 0 Å². The smallest absolute Gasteiger partial charge is 0.228 e. The highest BCUT2D eigenvalue weighted by Gasteiger charge is 2.12. The van der Waals surface area contributed by atoms with Crippen LogP contribution in [0, 0.1) is 0 Å². The minimum atomic E-state index is -0.187. The van der Waals surface area contributed by atoms with E-state index in [0.717, 1.165) is 0 Å². The number of hydrogen-bond acceptors (Lipinski definition) is 3. The van der Waals surface area contributed by atoms with Gasteiger partial charge in [0.05, 0.1) is 11.2 Å². The molecule has 0 radical (unpaired) electrons. The normalized spacial score (nSPS) is 10.4. The third-order valence-corrected chi connectivity index (χ3v) is 2.21. The van der Waals surface area contributed by atoms with Gasteiger partial charge in [-0.3, -0.25) is 19.1 Å². The lowest BCUT2D eigenvalue weighted by Gasteiger charge is -1.96. The quantitative estimate of drug-likeness (QED) is 0.790. The average molecular weight is 217 g/mol. The van der Waals surface area contributed by atoms with Gasteiger partial charge in [0.15, 0.2) is 0 Å². The lowest BCUT2D eigenvalue weighted by Crippen LogP contribution is -2.06. The highest BCUT2D eigenvalue weighted by atomic mass is 16.2. The monoisotopic (exact) mass is 217 g/mol. The zero-order chi connectivity index (χ0) is 11.7. The number of rotatable bonds is 1. The Morgan fingerprint density at radius 2 is 2.12 bits per heavy atom. The Hall–Kier alpha value is -2.17. The van der Waals surface area contributed by atoms with Crippen LogP contribution in [-0.4, -0.2) is 21.4 Å². The number of fused-ring (bicyclic) bond motifs is 1. The van der Waals surface area contributed by atoms with Crippen LogP contribution in [0.15, 0.2) is 24.5 Å².